The second-order valence-corrected chi connectivity index (χ2v) is 6.54. The number of amides is 2. The maximum absolute atomic E-state index is 12.2. The zero-order valence-corrected chi connectivity index (χ0v) is 18.1. The Labute approximate surface area is 184 Å². The van der Waals surface area contributed by atoms with Crippen LogP contribution in [0.15, 0.2) is 47.6 Å². The molecular formula is C22H23N3O7. The Morgan fingerprint density at radius 3 is 1.84 bits per heavy atom. The smallest absolute Gasteiger partial charge is 0.337 e. The summed E-state index contributed by atoms with van der Waals surface area (Å²) in [5, 5.41) is 9.10. The van der Waals surface area contributed by atoms with E-state index in [-0.39, 0.29) is 22.7 Å². The lowest BCUT2D eigenvalue weighted by Gasteiger charge is -2.09. The average Bonchev–Trinajstić information content (AvgIpc) is 2.77. The van der Waals surface area contributed by atoms with Crippen LogP contribution >= 0.6 is 0 Å². The first-order valence-electron chi connectivity index (χ1n) is 9.39. The third kappa shape index (κ3) is 6.94. The number of esters is 2. The number of rotatable bonds is 8. The van der Waals surface area contributed by atoms with E-state index in [2.05, 4.69) is 25.3 Å². The van der Waals surface area contributed by atoms with Crippen molar-refractivity contribution < 1.29 is 33.5 Å². The van der Waals surface area contributed by atoms with Crippen molar-refractivity contribution in [3.05, 3.63) is 59.2 Å². The summed E-state index contributed by atoms with van der Waals surface area (Å²) in [7, 11) is 2.40. The number of carbonyl (C=O) groups excluding carboxylic acids is 4. The molecule has 2 N–H and O–H groups in total. The summed E-state index contributed by atoms with van der Waals surface area (Å²) < 4.78 is 9.31. The van der Waals surface area contributed by atoms with Crippen molar-refractivity contribution in [2.45, 2.75) is 13.8 Å². The second kappa shape index (κ2) is 11.3. The summed E-state index contributed by atoms with van der Waals surface area (Å²) in [6.07, 6.45) is 0. The fourth-order valence-electron chi connectivity index (χ4n) is 2.61. The van der Waals surface area contributed by atoms with Crippen LogP contribution in [0.5, 0.6) is 0 Å². The summed E-state index contributed by atoms with van der Waals surface area (Å²) in [6.45, 7) is 2.71. The fourth-order valence-corrected chi connectivity index (χ4v) is 2.61. The standard InChI is InChI=1S/C22H23N3O7/c1-13(15-5-7-18(8-6-15)23-14(2)26)25-32-12-20(27)24-19-10-16(21(28)30-3)9-17(11-19)22(29)31-4/h5-11H,12H2,1-4H3,(H,23,26)(H,24,27)/b25-13+. The van der Waals surface area contributed by atoms with Crippen molar-refractivity contribution in [3.63, 3.8) is 0 Å². The Balaban J connectivity index is 2.02. The minimum Gasteiger partial charge on any atom is -0.465 e. The molecule has 32 heavy (non-hydrogen) atoms. The van der Waals surface area contributed by atoms with Crippen LogP contribution in [0, 0.1) is 0 Å². The highest BCUT2D eigenvalue weighted by molar-refractivity contribution is 6.00. The van der Waals surface area contributed by atoms with Crippen LogP contribution in [0.25, 0.3) is 0 Å². The first kappa shape index (κ1) is 24.1. The monoisotopic (exact) mass is 441 g/mol. The zero-order valence-electron chi connectivity index (χ0n) is 18.1. The maximum Gasteiger partial charge on any atom is 0.337 e. The topological polar surface area (TPSA) is 132 Å². The quantitative estimate of drug-likeness (QED) is 0.365. The SMILES string of the molecule is COC(=O)c1cc(NC(=O)CO/N=C(\C)c2ccc(NC(C)=O)cc2)cc(C(=O)OC)c1. The van der Waals surface area contributed by atoms with Crippen molar-refractivity contribution in [1.82, 2.24) is 0 Å². The first-order chi connectivity index (χ1) is 15.2. The molecule has 2 rings (SSSR count). The second-order valence-electron chi connectivity index (χ2n) is 6.54. The molecule has 0 saturated carbocycles. The number of carbonyl (C=O) groups is 4. The van der Waals surface area contributed by atoms with Gasteiger partial charge in [0.1, 0.15) is 0 Å². The summed E-state index contributed by atoms with van der Waals surface area (Å²) in [5.41, 5.74) is 2.25. The molecule has 10 nitrogen and oxygen atoms in total. The lowest BCUT2D eigenvalue weighted by molar-refractivity contribution is -0.120. The molecule has 0 unspecified atom stereocenters. The Morgan fingerprint density at radius 1 is 0.781 bits per heavy atom. The Kier molecular flexibility index (Phi) is 8.46. The van der Waals surface area contributed by atoms with Gasteiger partial charge < -0.3 is 24.9 Å². The van der Waals surface area contributed by atoms with Gasteiger partial charge in [0.2, 0.25) is 5.91 Å². The fraction of sp³-hybridized carbons (Fsp3) is 0.227. The molecule has 0 aliphatic rings. The van der Waals surface area contributed by atoms with Crippen LogP contribution in [-0.4, -0.2) is 50.3 Å². The molecule has 0 aromatic heterocycles. The molecule has 0 radical (unpaired) electrons. The van der Waals surface area contributed by atoms with E-state index in [0.717, 1.165) is 5.56 Å². The largest absolute Gasteiger partial charge is 0.465 e. The molecule has 0 spiro atoms. The highest BCUT2D eigenvalue weighted by Crippen LogP contribution is 2.17. The highest BCUT2D eigenvalue weighted by Gasteiger charge is 2.15. The molecule has 168 valence electrons. The Bertz CT molecular complexity index is 1010. The molecule has 10 heteroatoms. The molecule has 0 heterocycles. The summed E-state index contributed by atoms with van der Waals surface area (Å²) >= 11 is 0. The number of oxime groups is 1. The van der Waals surface area contributed by atoms with Gasteiger partial charge in [-0.2, -0.15) is 0 Å². The highest BCUT2D eigenvalue weighted by atomic mass is 16.6. The number of nitrogens with zero attached hydrogens (tertiary/aromatic N) is 1. The molecule has 0 fully saturated rings. The third-order valence-electron chi connectivity index (χ3n) is 4.08. The van der Waals surface area contributed by atoms with Gasteiger partial charge in [-0.05, 0) is 42.8 Å². The molecule has 2 amide bonds. The van der Waals surface area contributed by atoms with Gasteiger partial charge in [-0.3, -0.25) is 9.59 Å². The lowest BCUT2D eigenvalue weighted by Crippen LogP contribution is -2.18. The first-order valence-corrected chi connectivity index (χ1v) is 9.39. The Morgan fingerprint density at radius 2 is 1.34 bits per heavy atom. The van der Waals surface area contributed by atoms with E-state index in [1.807, 2.05) is 0 Å². The van der Waals surface area contributed by atoms with Crippen molar-refractivity contribution in [3.8, 4) is 0 Å². The van der Waals surface area contributed by atoms with Crippen LogP contribution in [0.4, 0.5) is 11.4 Å². The van der Waals surface area contributed by atoms with Crippen LogP contribution in [0.3, 0.4) is 0 Å². The molecular weight excluding hydrogens is 418 g/mol. The van der Waals surface area contributed by atoms with Crippen molar-refractivity contribution in [2.24, 2.45) is 5.16 Å². The van der Waals surface area contributed by atoms with E-state index in [1.165, 1.54) is 39.3 Å². The van der Waals surface area contributed by atoms with Crippen LogP contribution < -0.4 is 10.6 Å². The molecule has 2 aromatic carbocycles. The van der Waals surface area contributed by atoms with Crippen molar-refractivity contribution in [2.75, 3.05) is 31.5 Å². The Hall–Kier alpha value is -4.21. The van der Waals surface area contributed by atoms with Gasteiger partial charge in [0.05, 0.1) is 31.1 Å². The lowest BCUT2D eigenvalue weighted by atomic mass is 10.1. The number of ether oxygens (including phenoxy) is 2. The number of anilines is 2. The molecule has 0 saturated heterocycles. The van der Waals surface area contributed by atoms with Gasteiger partial charge in [0.25, 0.3) is 5.91 Å². The van der Waals surface area contributed by atoms with Crippen molar-refractivity contribution in [1.29, 1.82) is 0 Å². The predicted molar refractivity (Wildman–Crippen MR) is 117 cm³/mol. The molecule has 0 aliphatic heterocycles. The minimum absolute atomic E-state index is 0.0724. The van der Waals surface area contributed by atoms with E-state index in [0.29, 0.717) is 11.4 Å². The van der Waals surface area contributed by atoms with E-state index < -0.39 is 24.5 Å². The normalized spacial score (nSPS) is 10.7. The molecule has 2 aromatic rings. The number of methoxy groups -OCH3 is 2. The number of hydrogen-bond donors (Lipinski definition) is 2. The maximum atomic E-state index is 12.2. The van der Waals surface area contributed by atoms with Crippen LogP contribution in [0.2, 0.25) is 0 Å². The zero-order chi connectivity index (χ0) is 23.7. The van der Waals surface area contributed by atoms with Crippen LogP contribution in [-0.2, 0) is 23.9 Å². The van der Waals surface area contributed by atoms with Gasteiger partial charge in [0.15, 0.2) is 6.61 Å². The molecule has 0 bridgehead atoms. The van der Waals surface area contributed by atoms with E-state index in [9.17, 15) is 19.2 Å². The van der Waals surface area contributed by atoms with E-state index in [4.69, 9.17) is 4.84 Å². The summed E-state index contributed by atoms with van der Waals surface area (Å²) in [4.78, 5) is 52.0. The number of nitrogens with one attached hydrogen (secondary N) is 2. The minimum atomic E-state index is -0.674. The van der Waals surface area contributed by atoms with E-state index in [1.54, 1.807) is 31.2 Å². The number of hydrogen-bond acceptors (Lipinski definition) is 8. The van der Waals surface area contributed by atoms with Gasteiger partial charge in [-0.25, -0.2) is 9.59 Å². The van der Waals surface area contributed by atoms with Gasteiger partial charge in [-0.1, -0.05) is 17.3 Å². The van der Waals surface area contributed by atoms with Gasteiger partial charge in [-0.15, -0.1) is 0 Å². The number of benzene rings is 2. The van der Waals surface area contributed by atoms with E-state index >= 15 is 0 Å². The summed E-state index contributed by atoms with van der Waals surface area (Å²) in [6, 6.07) is 11.0. The molecule has 0 aliphatic carbocycles. The van der Waals surface area contributed by atoms with Crippen molar-refractivity contribution >= 4 is 40.8 Å². The average molecular weight is 441 g/mol. The summed E-state index contributed by atoms with van der Waals surface area (Å²) in [5.74, 6) is -2.08. The van der Waals surface area contributed by atoms with Gasteiger partial charge >= 0.3 is 11.9 Å². The third-order valence-corrected chi connectivity index (χ3v) is 4.08. The predicted octanol–water partition coefficient (Wildman–Crippen LogP) is 2.60. The van der Waals surface area contributed by atoms with Gasteiger partial charge in [0, 0.05) is 18.3 Å². The molecule has 0 atom stereocenters. The van der Waals surface area contributed by atoms with Crippen LogP contribution in [0.1, 0.15) is 40.1 Å².